The Labute approximate surface area is 133 Å². The first kappa shape index (κ1) is 15.0. The van der Waals surface area contributed by atoms with Gasteiger partial charge in [0.15, 0.2) is 0 Å². The summed E-state index contributed by atoms with van der Waals surface area (Å²) in [4.78, 5) is 25.0. The Morgan fingerprint density at radius 3 is 2.43 bits per heavy atom. The van der Waals surface area contributed by atoms with Gasteiger partial charge in [0, 0.05) is 19.2 Å². The highest BCUT2D eigenvalue weighted by Crippen LogP contribution is 2.32. The molecule has 6 heteroatoms. The molecule has 118 valence electrons. The van der Waals surface area contributed by atoms with Crippen LogP contribution in [0.4, 0.5) is 11.4 Å². The van der Waals surface area contributed by atoms with Crippen LogP contribution in [0.25, 0.3) is 0 Å². The number of nitrogens with zero attached hydrogens (tertiary/aromatic N) is 2. The first-order chi connectivity index (χ1) is 11.1. The van der Waals surface area contributed by atoms with Crippen LogP contribution in [0.3, 0.4) is 0 Å². The number of esters is 1. The second-order valence-electron chi connectivity index (χ2n) is 5.36. The van der Waals surface area contributed by atoms with Gasteiger partial charge in [-0.2, -0.15) is 0 Å². The van der Waals surface area contributed by atoms with Crippen molar-refractivity contribution >= 4 is 17.3 Å². The van der Waals surface area contributed by atoms with Gasteiger partial charge >= 0.3 is 5.97 Å². The Bertz CT molecular complexity index is 725. The number of rotatable bonds is 4. The number of anilines is 1. The van der Waals surface area contributed by atoms with Crippen LogP contribution < -0.4 is 9.64 Å². The monoisotopic (exact) mass is 312 g/mol. The number of ether oxygens (including phenoxy) is 1. The second kappa shape index (κ2) is 6.48. The molecule has 0 atom stereocenters. The molecule has 1 saturated heterocycles. The largest absolute Gasteiger partial charge is 0.423 e. The molecule has 23 heavy (non-hydrogen) atoms. The van der Waals surface area contributed by atoms with Crippen molar-refractivity contribution < 1.29 is 14.5 Å². The van der Waals surface area contributed by atoms with Crippen molar-refractivity contribution in [3.63, 3.8) is 0 Å². The Kier molecular flexibility index (Phi) is 4.23. The molecule has 6 nitrogen and oxygen atoms in total. The van der Waals surface area contributed by atoms with E-state index < -0.39 is 10.9 Å². The predicted molar refractivity (Wildman–Crippen MR) is 85.9 cm³/mol. The standard InChI is InChI=1S/C17H16N2O4/c20-17(23-14-6-2-1-3-7-14)13-8-9-15(16(12-13)19(21)22)18-10-4-5-11-18/h1-3,6-9,12H,4-5,10-11H2. The van der Waals surface area contributed by atoms with Gasteiger partial charge in [-0.3, -0.25) is 10.1 Å². The second-order valence-corrected chi connectivity index (χ2v) is 5.36. The smallest absolute Gasteiger partial charge is 0.343 e. The van der Waals surface area contributed by atoms with Crippen molar-refractivity contribution in [1.82, 2.24) is 0 Å². The van der Waals surface area contributed by atoms with Gasteiger partial charge < -0.3 is 9.64 Å². The molecular weight excluding hydrogens is 296 g/mol. The first-order valence-electron chi connectivity index (χ1n) is 7.46. The Morgan fingerprint density at radius 2 is 1.78 bits per heavy atom. The van der Waals surface area contributed by atoms with Gasteiger partial charge in [-0.25, -0.2) is 4.79 Å². The summed E-state index contributed by atoms with van der Waals surface area (Å²) in [5.74, 6) is -0.198. The third-order valence-electron chi connectivity index (χ3n) is 3.81. The molecule has 0 aromatic heterocycles. The lowest BCUT2D eigenvalue weighted by molar-refractivity contribution is -0.384. The molecule has 3 rings (SSSR count). The van der Waals surface area contributed by atoms with Gasteiger partial charge in [-0.15, -0.1) is 0 Å². The lowest BCUT2D eigenvalue weighted by atomic mass is 10.1. The molecule has 0 spiro atoms. The van der Waals surface area contributed by atoms with E-state index in [9.17, 15) is 14.9 Å². The molecule has 0 radical (unpaired) electrons. The van der Waals surface area contributed by atoms with Crippen LogP contribution in [0.1, 0.15) is 23.2 Å². The molecule has 1 heterocycles. The molecule has 0 N–H and O–H groups in total. The summed E-state index contributed by atoms with van der Waals surface area (Å²) in [6, 6.07) is 13.1. The quantitative estimate of drug-likeness (QED) is 0.374. The molecule has 0 aliphatic carbocycles. The van der Waals surface area contributed by atoms with Crippen LogP contribution in [0.15, 0.2) is 48.5 Å². The minimum Gasteiger partial charge on any atom is -0.423 e. The third-order valence-corrected chi connectivity index (χ3v) is 3.81. The van der Waals surface area contributed by atoms with Gasteiger partial charge in [0.1, 0.15) is 11.4 Å². The highest BCUT2D eigenvalue weighted by Gasteiger charge is 2.24. The summed E-state index contributed by atoms with van der Waals surface area (Å²) < 4.78 is 5.23. The van der Waals surface area contributed by atoms with E-state index in [0.29, 0.717) is 11.4 Å². The van der Waals surface area contributed by atoms with Gasteiger partial charge in [0.05, 0.1) is 10.5 Å². The van der Waals surface area contributed by atoms with E-state index in [4.69, 9.17) is 4.74 Å². The number of hydrogen-bond donors (Lipinski definition) is 0. The average molecular weight is 312 g/mol. The summed E-state index contributed by atoms with van der Waals surface area (Å²) in [5.41, 5.74) is 0.668. The number of para-hydroxylation sites is 1. The number of hydrogen-bond acceptors (Lipinski definition) is 5. The fraction of sp³-hybridized carbons (Fsp3) is 0.235. The van der Waals surface area contributed by atoms with Crippen LogP contribution in [0.2, 0.25) is 0 Å². The predicted octanol–water partition coefficient (Wildman–Crippen LogP) is 3.41. The number of benzene rings is 2. The Hall–Kier alpha value is -2.89. The molecule has 1 aliphatic heterocycles. The zero-order valence-corrected chi connectivity index (χ0v) is 12.5. The van der Waals surface area contributed by atoms with E-state index in [-0.39, 0.29) is 11.3 Å². The molecule has 1 fully saturated rings. The van der Waals surface area contributed by atoms with E-state index in [1.807, 2.05) is 11.0 Å². The maximum absolute atomic E-state index is 12.2. The first-order valence-corrected chi connectivity index (χ1v) is 7.46. The van der Waals surface area contributed by atoms with Gasteiger partial charge in [-0.1, -0.05) is 18.2 Å². The molecule has 0 amide bonds. The minimum absolute atomic E-state index is 0.0607. The summed E-state index contributed by atoms with van der Waals surface area (Å²) in [7, 11) is 0. The van der Waals surface area contributed by atoms with Gasteiger partial charge in [-0.05, 0) is 37.1 Å². The number of nitro groups is 1. The van der Waals surface area contributed by atoms with Crippen molar-refractivity contribution in [3.05, 3.63) is 64.2 Å². The van der Waals surface area contributed by atoms with Crippen molar-refractivity contribution in [3.8, 4) is 5.75 Å². The lowest BCUT2D eigenvalue weighted by Crippen LogP contribution is -2.19. The van der Waals surface area contributed by atoms with Crippen LogP contribution in [0, 0.1) is 10.1 Å². The van der Waals surface area contributed by atoms with Crippen LogP contribution in [0.5, 0.6) is 5.75 Å². The molecule has 1 aliphatic rings. The Morgan fingerprint density at radius 1 is 1.09 bits per heavy atom. The fourth-order valence-corrected chi connectivity index (χ4v) is 2.68. The number of carbonyl (C=O) groups is 1. The number of carbonyl (C=O) groups excluding carboxylic acids is 1. The minimum atomic E-state index is -0.604. The van der Waals surface area contributed by atoms with Crippen molar-refractivity contribution in [2.75, 3.05) is 18.0 Å². The van der Waals surface area contributed by atoms with Crippen LogP contribution >= 0.6 is 0 Å². The van der Waals surface area contributed by atoms with E-state index in [1.54, 1.807) is 36.4 Å². The fourth-order valence-electron chi connectivity index (χ4n) is 2.68. The van der Waals surface area contributed by atoms with E-state index in [2.05, 4.69) is 0 Å². The number of nitro benzene ring substituents is 1. The van der Waals surface area contributed by atoms with Crippen LogP contribution in [-0.2, 0) is 0 Å². The normalized spacial score (nSPS) is 13.8. The maximum Gasteiger partial charge on any atom is 0.343 e. The topological polar surface area (TPSA) is 72.7 Å². The van der Waals surface area contributed by atoms with Gasteiger partial charge in [0.2, 0.25) is 0 Å². The molecular formula is C17H16N2O4. The molecule has 2 aromatic rings. The highest BCUT2D eigenvalue weighted by atomic mass is 16.6. The van der Waals surface area contributed by atoms with E-state index in [1.165, 1.54) is 6.07 Å². The molecule has 0 bridgehead atoms. The van der Waals surface area contributed by atoms with Crippen molar-refractivity contribution in [2.45, 2.75) is 12.8 Å². The summed E-state index contributed by atoms with van der Waals surface area (Å²) in [5, 5.41) is 11.3. The Balaban J connectivity index is 1.87. The third kappa shape index (κ3) is 3.31. The van der Waals surface area contributed by atoms with Crippen molar-refractivity contribution in [2.24, 2.45) is 0 Å². The lowest BCUT2D eigenvalue weighted by Gasteiger charge is -2.17. The molecule has 0 saturated carbocycles. The average Bonchev–Trinajstić information content (AvgIpc) is 3.09. The van der Waals surface area contributed by atoms with Crippen molar-refractivity contribution in [1.29, 1.82) is 0 Å². The maximum atomic E-state index is 12.2. The highest BCUT2D eigenvalue weighted by molar-refractivity contribution is 5.93. The molecule has 0 unspecified atom stereocenters. The zero-order chi connectivity index (χ0) is 16.2. The van der Waals surface area contributed by atoms with E-state index in [0.717, 1.165) is 25.9 Å². The van der Waals surface area contributed by atoms with Gasteiger partial charge in [0.25, 0.3) is 5.69 Å². The van der Waals surface area contributed by atoms with E-state index >= 15 is 0 Å². The summed E-state index contributed by atoms with van der Waals surface area (Å²) in [6.07, 6.45) is 2.05. The molecule has 2 aromatic carbocycles. The SMILES string of the molecule is O=C(Oc1ccccc1)c1ccc(N2CCCC2)c([N+](=O)[O-])c1. The summed E-state index contributed by atoms with van der Waals surface area (Å²) >= 11 is 0. The van der Waals surface area contributed by atoms with Crippen LogP contribution in [-0.4, -0.2) is 24.0 Å². The summed E-state index contributed by atoms with van der Waals surface area (Å²) in [6.45, 7) is 1.60. The zero-order valence-electron chi connectivity index (χ0n) is 12.5.